The Morgan fingerprint density at radius 1 is 1.20 bits per heavy atom. The molecular weight excluding hydrogens is 310 g/mol. The Bertz CT molecular complexity index is 946. The Hall–Kier alpha value is -2.43. The third kappa shape index (κ3) is 2.77. The number of hydrogen-bond donors (Lipinski definition) is 1. The van der Waals surface area contributed by atoms with Gasteiger partial charge < -0.3 is 9.13 Å². The lowest BCUT2D eigenvalue weighted by Gasteiger charge is -2.24. The highest BCUT2D eigenvalue weighted by Gasteiger charge is 2.20. The van der Waals surface area contributed by atoms with Gasteiger partial charge >= 0.3 is 0 Å². The molecule has 0 saturated heterocycles. The first-order chi connectivity index (χ1) is 12.2. The maximum absolute atomic E-state index is 8.80. The predicted molar refractivity (Wildman–Crippen MR) is 98.5 cm³/mol. The summed E-state index contributed by atoms with van der Waals surface area (Å²) in [6.45, 7) is 4.98. The van der Waals surface area contributed by atoms with E-state index in [4.69, 9.17) is 10.4 Å². The topological polar surface area (TPSA) is 59.5 Å². The van der Waals surface area contributed by atoms with Crippen molar-refractivity contribution in [3.63, 3.8) is 0 Å². The molecule has 0 radical (unpaired) electrons. The van der Waals surface area contributed by atoms with Gasteiger partial charge in [0.05, 0.1) is 18.3 Å². The maximum Gasteiger partial charge on any atom is 0.146 e. The summed E-state index contributed by atoms with van der Waals surface area (Å²) in [6.07, 6.45) is 11.7. The van der Waals surface area contributed by atoms with Crippen LogP contribution in [0.15, 0.2) is 30.9 Å². The van der Waals surface area contributed by atoms with Crippen molar-refractivity contribution in [3.8, 4) is 0 Å². The van der Waals surface area contributed by atoms with E-state index in [1.54, 1.807) is 6.20 Å². The van der Waals surface area contributed by atoms with Crippen molar-refractivity contribution < 1.29 is 0 Å². The van der Waals surface area contributed by atoms with Gasteiger partial charge in [-0.05, 0) is 43.9 Å². The van der Waals surface area contributed by atoms with Crippen LogP contribution in [0, 0.1) is 19.3 Å². The fraction of sp³-hybridized carbons (Fsp3) is 0.450. The van der Waals surface area contributed by atoms with Gasteiger partial charge in [0.1, 0.15) is 11.1 Å². The first-order valence-corrected chi connectivity index (χ1v) is 9.17. The maximum atomic E-state index is 8.80. The Morgan fingerprint density at radius 3 is 2.72 bits per heavy atom. The summed E-state index contributed by atoms with van der Waals surface area (Å²) in [7, 11) is 0. The summed E-state index contributed by atoms with van der Waals surface area (Å²) < 4.78 is 4.31. The lowest BCUT2D eigenvalue weighted by Crippen LogP contribution is -2.27. The first kappa shape index (κ1) is 16.1. The molecule has 130 valence electrons. The molecule has 1 saturated carbocycles. The van der Waals surface area contributed by atoms with E-state index in [-0.39, 0.29) is 0 Å². The van der Waals surface area contributed by atoms with Crippen LogP contribution in [0.3, 0.4) is 0 Å². The van der Waals surface area contributed by atoms with Gasteiger partial charge in [0.25, 0.3) is 0 Å². The van der Waals surface area contributed by atoms with Gasteiger partial charge in [0, 0.05) is 24.1 Å². The number of nitrogens with zero attached hydrogens (tertiary/aromatic N) is 4. The van der Waals surface area contributed by atoms with Gasteiger partial charge in [-0.2, -0.15) is 0 Å². The quantitative estimate of drug-likeness (QED) is 0.789. The van der Waals surface area contributed by atoms with Gasteiger partial charge in [-0.3, -0.25) is 10.4 Å². The van der Waals surface area contributed by atoms with Crippen LogP contribution in [-0.2, 0) is 6.54 Å². The summed E-state index contributed by atoms with van der Waals surface area (Å²) in [5.74, 6) is 0. The number of aryl methyl sites for hydroxylation is 1. The van der Waals surface area contributed by atoms with E-state index in [1.165, 1.54) is 30.5 Å². The number of pyridine rings is 1. The highest BCUT2D eigenvalue weighted by atomic mass is 15.1. The van der Waals surface area contributed by atoms with Gasteiger partial charge in [0.15, 0.2) is 0 Å². The number of nitrogens with one attached hydrogen (secondary N) is 1. The Balaban J connectivity index is 1.82. The van der Waals surface area contributed by atoms with Gasteiger partial charge in [-0.1, -0.05) is 25.3 Å². The lowest BCUT2D eigenvalue weighted by atomic mass is 9.95. The van der Waals surface area contributed by atoms with Crippen LogP contribution < -0.4 is 5.49 Å². The SMILES string of the molecule is Cc1c(C)n(Cc2cccnc2)c2ncn(C3CCCCC3)c(=N)c12. The highest BCUT2D eigenvalue weighted by Crippen LogP contribution is 2.28. The molecule has 0 aliphatic heterocycles. The molecular formula is C20H25N5. The van der Waals surface area contributed by atoms with E-state index < -0.39 is 0 Å². The summed E-state index contributed by atoms with van der Waals surface area (Å²) in [5, 5.41) is 9.80. The monoisotopic (exact) mass is 335 g/mol. The van der Waals surface area contributed by atoms with E-state index in [0.29, 0.717) is 11.5 Å². The Kier molecular flexibility index (Phi) is 4.15. The minimum Gasteiger partial charge on any atom is -0.325 e. The molecule has 3 heterocycles. The number of aromatic nitrogens is 4. The standard InChI is InChI=1S/C20H25N5/c1-14-15(2)24(12-16-7-6-10-22-11-16)20-18(14)19(21)25(13-23-20)17-8-4-3-5-9-17/h6-7,10-11,13,17,21H,3-5,8-9,12H2,1-2H3. The summed E-state index contributed by atoms with van der Waals surface area (Å²) in [5.41, 5.74) is 5.03. The minimum atomic E-state index is 0.430. The molecule has 3 aromatic rings. The van der Waals surface area contributed by atoms with Crippen molar-refractivity contribution in [2.24, 2.45) is 0 Å². The Labute approximate surface area is 147 Å². The third-order valence-electron chi connectivity index (χ3n) is 5.63. The zero-order chi connectivity index (χ0) is 17.4. The average molecular weight is 335 g/mol. The zero-order valence-corrected chi connectivity index (χ0v) is 15.0. The molecule has 1 aliphatic carbocycles. The molecule has 5 heteroatoms. The molecule has 5 nitrogen and oxygen atoms in total. The van der Waals surface area contributed by atoms with Crippen LogP contribution >= 0.6 is 0 Å². The second-order valence-electron chi connectivity index (χ2n) is 7.15. The molecule has 0 atom stereocenters. The van der Waals surface area contributed by atoms with Crippen LogP contribution in [0.1, 0.15) is 55.0 Å². The van der Waals surface area contributed by atoms with E-state index in [2.05, 4.69) is 34.0 Å². The van der Waals surface area contributed by atoms with E-state index in [1.807, 2.05) is 18.6 Å². The fourth-order valence-corrected chi connectivity index (χ4v) is 4.07. The second kappa shape index (κ2) is 6.47. The van der Waals surface area contributed by atoms with Crippen molar-refractivity contribution in [1.29, 1.82) is 5.41 Å². The summed E-state index contributed by atoms with van der Waals surface area (Å²) in [4.78, 5) is 9.00. The molecule has 0 amide bonds. The van der Waals surface area contributed by atoms with Gasteiger partial charge in [-0.25, -0.2) is 4.98 Å². The second-order valence-corrected chi connectivity index (χ2v) is 7.15. The van der Waals surface area contributed by atoms with E-state index in [9.17, 15) is 0 Å². The van der Waals surface area contributed by atoms with Crippen molar-refractivity contribution in [2.75, 3.05) is 0 Å². The van der Waals surface area contributed by atoms with Crippen LogP contribution in [-0.4, -0.2) is 19.1 Å². The van der Waals surface area contributed by atoms with Crippen LogP contribution in [0.2, 0.25) is 0 Å². The average Bonchev–Trinajstić information content (AvgIpc) is 2.89. The number of fused-ring (bicyclic) bond motifs is 1. The van der Waals surface area contributed by atoms with E-state index >= 15 is 0 Å². The van der Waals surface area contributed by atoms with Crippen LogP contribution in [0.5, 0.6) is 0 Å². The molecule has 0 unspecified atom stereocenters. The minimum absolute atomic E-state index is 0.430. The lowest BCUT2D eigenvalue weighted by molar-refractivity contribution is 0.341. The Morgan fingerprint density at radius 2 is 2.00 bits per heavy atom. The first-order valence-electron chi connectivity index (χ1n) is 9.17. The fourth-order valence-electron chi connectivity index (χ4n) is 4.07. The van der Waals surface area contributed by atoms with Crippen molar-refractivity contribution in [2.45, 2.75) is 58.5 Å². The van der Waals surface area contributed by atoms with Crippen molar-refractivity contribution in [1.82, 2.24) is 19.1 Å². The van der Waals surface area contributed by atoms with Crippen molar-refractivity contribution in [3.05, 3.63) is 53.2 Å². The van der Waals surface area contributed by atoms with Crippen LogP contribution in [0.4, 0.5) is 0 Å². The molecule has 3 aromatic heterocycles. The summed E-state index contributed by atoms with van der Waals surface area (Å²) in [6, 6.07) is 4.48. The normalized spacial score (nSPS) is 15.8. The number of rotatable bonds is 3. The molecule has 1 fully saturated rings. The largest absolute Gasteiger partial charge is 0.325 e. The molecule has 25 heavy (non-hydrogen) atoms. The van der Waals surface area contributed by atoms with Gasteiger partial charge in [-0.15, -0.1) is 0 Å². The summed E-state index contributed by atoms with van der Waals surface area (Å²) >= 11 is 0. The van der Waals surface area contributed by atoms with E-state index in [0.717, 1.165) is 36.0 Å². The zero-order valence-electron chi connectivity index (χ0n) is 15.0. The van der Waals surface area contributed by atoms with Crippen molar-refractivity contribution >= 4 is 11.0 Å². The smallest absolute Gasteiger partial charge is 0.146 e. The molecule has 1 aliphatic rings. The highest BCUT2D eigenvalue weighted by molar-refractivity contribution is 5.80. The van der Waals surface area contributed by atoms with Crippen LogP contribution in [0.25, 0.3) is 11.0 Å². The molecule has 0 aromatic carbocycles. The predicted octanol–water partition coefficient (Wildman–Crippen LogP) is 3.88. The molecule has 4 rings (SSSR count). The molecule has 0 bridgehead atoms. The van der Waals surface area contributed by atoms with Gasteiger partial charge in [0.2, 0.25) is 0 Å². The third-order valence-corrected chi connectivity index (χ3v) is 5.63. The molecule has 0 spiro atoms. The molecule has 1 N–H and O–H groups in total. The number of hydrogen-bond acceptors (Lipinski definition) is 3.